The van der Waals surface area contributed by atoms with E-state index in [4.69, 9.17) is 43.5 Å². The molecular formula is C20H20Cl2FN3O3S. The molecule has 3 aromatic rings. The molecule has 0 aliphatic rings. The minimum atomic E-state index is -0.614. The number of ether oxygens (including phenoxy) is 2. The molecule has 3 rings (SSSR count). The predicted molar refractivity (Wildman–Crippen MR) is 117 cm³/mol. The molecule has 0 spiro atoms. The Balaban J connectivity index is 1.82. The number of halogens is 3. The zero-order valence-corrected chi connectivity index (χ0v) is 18.4. The highest BCUT2D eigenvalue weighted by Crippen LogP contribution is 2.38. The van der Waals surface area contributed by atoms with E-state index >= 15 is 0 Å². The zero-order chi connectivity index (χ0) is 21.7. The lowest BCUT2D eigenvalue weighted by atomic mass is 10.2. The van der Waals surface area contributed by atoms with Crippen molar-refractivity contribution in [1.29, 1.82) is 0 Å². The van der Waals surface area contributed by atoms with E-state index in [1.54, 1.807) is 12.1 Å². The number of nitrogens with zero attached hydrogens (tertiary/aromatic N) is 2. The number of rotatable bonds is 9. The first kappa shape index (κ1) is 22.7. The summed E-state index contributed by atoms with van der Waals surface area (Å²) in [4.78, 5) is 0. The molecule has 0 saturated heterocycles. The Kier molecular flexibility index (Phi) is 7.85. The summed E-state index contributed by atoms with van der Waals surface area (Å²) >= 11 is 13.9. The summed E-state index contributed by atoms with van der Waals surface area (Å²) in [7, 11) is 0. The first-order valence-corrected chi connectivity index (χ1v) is 10.7. The number of aromatic nitrogens is 2. The standard InChI is InChI=1S/C20H20Cl2FN3O3S/c1-2-5-28-17-4-3-11(6-15(17)22)19-25-26-20(30-19)13-7-16(23)18(8-14(13)21)29-10-12(24)9-27/h3-4,6-8,12,27H,2,5,9-10,24H2,1H3. The highest BCUT2D eigenvalue weighted by molar-refractivity contribution is 7.18. The molecule has 1 unspecified atom stereocenters. The number of nitrogens with two attached hydrogens (primary N) is 1. The van der Waals surface area contributed by atoms with E-state index in [-0.39, 0.29) is 24.0 Å². The van der Waals surface area contributed by atoms with Gasteiger partial charge in [0.15, 0.2) is 11.6 Å². The third-order valence-electron chi connectivity index (χ3n) is 4.00. The average molecular weight is 472 g/mol. The van der Waals surface area contributed by atoms with E-state index in [0.717, 1.165) is 12.0 Å². The summed E-state index contributed by atoms with van der Waals surface area (Å²) in [5.74, 6) is -0.0581. The maximum Gasteiger partial charge on any atom is 0.165 e. The largest absolute Gasteiger partial charge is 0.492 e. The summed E-state index contributed by atoms with van der Waals surface area (Å²) in [6.45, 7) is 2.29. The van der Waals surface area contributed by atoms with Gasteiger partial charge >= 0.3 is 0 Å². The first-order valence-electron chi connectivity index (χ1n) is 9.17. The van der Waals surface area contributed by atoms with Crippen LogP contribution in [0.1, 0.15) is 13.3 Å². The molecule has 1 heterocycles. The normalized spacial score (nSPS) is 12.1. The number of benzene rings is 2. The van der Waals surface area contributed by atoms with E-state index in [0.29, 0.717) is 33.0 Å². The van der Waals surface area contributed by atoms with E-state index in [9.17, 15) is 4.39 Å². The average Bonchev–Trinajstić information content (AvgIpc) is 3.22. The van der Waals surface area contributed by atoms with Crippen LogP contribution in [0.5, 0.6) is 11.5 Å². The number of hydrogen-bond acceptors (Lipinski definition) is 7. The predicted octanol–water partition coefficient (Wildman–Crippen LogP) is 4.81. The Morgan fingerprint density at radius 2 is 1.87 bits per heavy atom. The summed E-state index contributed by atoms with van der Waals surface area (Å²) in [6.07, 6.45) is 0.882. The Labute approximate surface area is 187 Å². The van der Waals surface area contributed by atoms with Gasteiger partial charge in [0.1, 0.15) is 22.4 Å². The van der Waals surface area contributed by atoms with Crippen molar-refractivity contribution in [2.75, 3.05) is 19.8 Å². The minimum absolute atomic E-state index is 0.0369. The highest BCUT2D eigenvalue weighted by atomic mass is 35.5. The fourth-order valence-corrected chi connectivity index (χ4v) is 3.87. The smallest absolute Gasteiger partial charge is 0.165 e. The van der Waals surface area contributed by atoms with Crippen LogP contribution < -0.4 is 15.2 Å². The van der Waals surface area contributed by atoms with Gasteiger partial charge in [-0.3, -0.25) is 0 Å². The van der Waals surface area contributed by atoms with Crippen molar-refractivity contribution in [3.8, 4) is 32.6 Å². The Hall–Kier alpha value is -1.97. The lowest BCUT2D eigenvalue weighted by Crippen LogP contribution is -2.31. The van der Waals surface area contributed by atoms with Gasteiger partial charge in [0.05, 0.1) is 29.3 Å². The highest BCUT2D eigenvalue weighted by Gasteiger charge is 2.17. The molecular weight excluding hydrogens is 452 g/mol. The molecule has 0 amide bonds. The number of aliphatic hydroxyl groups is 1. The maximum absolute atomic E-state index is 14.4. The molecule has 0 bridgehead atoms. The van der Waals surface area contributed by atoms with Crippen LogP contribution in [0, 0.1) is 5.82 Å². The number of aliphatic hydroxyl groups excluding tert-OH is 1. The van der Waals surface area contributed by atoms with Gasteiger partial charge in [0.2, 0.25) is 0 Å². The van der Waals surface area contributed by atoms with Crippen LogP contribution >= 0.6 is 34.5 Å². The lowest BCUT2D eigenvalue weighted by Gasteiger charge is -2.12. The third kappa shape index (κ3) is 5.39. The topological polar surface area (TPSA) is 90.5 Å². The van der Waals surface area contributed by atoms with Gasteiger partial charge in [-0.25, -0.2) is 4.39 Å². The summed E-state index contributed by atoms with van der Waals surface area (Å²) in [5, 5.41) is 19.0. The van der Waals surface area contributed by atoms with E-state index in [1.165, 1.54) is 23.5 Å². The van der Waals surface area contributed by atoms with Gasteiger partial charge in [-0.05, 0) is 30.7 Å². The van der Waals surface area contributed by atoms with Crippen LogP contribution in [0.25, 0.3) is 21.1 Å². The van der Waals surface area contributed by atoms with Gasteiger partial charge in [-0.2, -0.15) is 0 Å². The fourth-order valence-electron chi connectivity index (χ4n) is 2.46. The van der Waals surface area contributed by atoms with Crippen molar-refractivity contribution < 1.29 is 19.0 Å². The van der Waals surface area contributed by atoms with Crippen molar-refractivity contribution >= 4 is 34.5 Å². The Bertz CT molecular complexity index is 1020. The monoisotopic (exact) mass is 471 g/mol. The molecule has 0 saturated carbocycles. The molecule has 0 fully saturated rings. The molecule has 0 aliphatic heterocycles. The second-order valence-corrected chi connectivity index (χ2v) is 8.21. The van der Waals surface area contributed by atoms with Gasteiger partial charge in [0, 0.05) is 17.2 Å². The van der Waals surface area contributed by atoms with E-state index in [2.05, 4.69) is 10.2 Å². The molecule has 1 atom stereocenters. The van der Waals surface area contributed by atoms with Crippen LogP contribution in [0.4, 0.5) is 4.39 Å². The molecule has 2 aromatic carbocycles. The van der Waals surface area contributed by atoms with Gasteiger partial charge in [0.25, 0.3) is 0 Å². The van der Waals surface area contributed by atoms with Crippen LogP contribution in [-0.2, 0) is 0 Å². The molecule has 0 radical (unpaired) electrons. The van der Waals surface area contributed by atoms with Crippen LogP contribution in [0.2, 0.25) is 10.0 Å². The molecule has 10 heteroatoms. The first-order chi connectivity index (χ1) is 14.4. The van der Waals surface area contributed by atoms with Gasteiger partial charge in [-0.1, -0.05) is 41.5 Å². The molecule has 1 aromatic heterocycles. The fraction of sp³-hybridized carbons (Fsp3) is 0.300. The Morgan fingerprint density at radius 3 is 2.57 bits per heavy atom. The SMILES string of the molecule is CCCOc1ccc(-c2nnc(-c3cc(F)c(OCC(N)CO)cc3Cl)s2)cc1Cl. The minimum Gasteiger partial charge on any atom is -0.492 e. The second kappa shape index (κ2) is 10.4. The van der Waals surface area contributed by atoms with Crippen molar-refractivity contribution in [3.63, 3.8) is 0 Å². The molecule has 3 N–H and O–H groups in total. The van der Waals surface area contributed by atoms with Crippen LogP contribution in [-0.4, -0.2) is 41.2 Å². The van der Waals surface area contributed by atoms with Crippen molar-refractivity contribution in [2.24, 2.45) is 5.73 Å². The third-order valence-corrected chi connectivity index (χ3v) is 5.62. The second-order valence-electron chi connectivity index (χ2n) is 6.42. The van der Waals surface area contributed by atoms with E-state index < -0.39 is 11.9 Å². The molecule has 30 heavy (non-hydrogen) atoms. The van der Waals surface area contributed by atoms with Crippen molar-refractivity contribution in [2.45, 2.75) is 19.4 Å². The quantitative estimate of drug-likeness (QED) is 0.465. The lowest BCUT2D eigenvalue weighted by molar-refractivity contribution is 0.202. The van der Waals surface area contributed by atoms with Crippen molar-refractivity contribution in [1.82, 2.24) is 10.2 Å². The molecule has 0 aliphatic carbocycles. The van der Waals surface area contributed by atoms with Gasteiger partial charge < -0.3 is 20.3 Å². The Morgan fingerprint density at radius 1 is 1.10 bits per heavy atom. The zero-order valence-electron chi connectivity index (χ0n) is 16.1. The summed E-state index contributed by atoms with van der Waals surface area (Å²) in [5.41, 5.74) is 6.73. The van der Waals surface area contributed by atoms with Gasteiger partial charge in [-0.15, -0.1) is 10.2 Å². The maximum atomic E-state index is 14.4. The number of hydrogen-bond donors (Lipinski definition) is 2. The van der Waals surface area contributed by atoms with Crippen LogP contribution in [0.3, 0.4) is 0 Å². The van der Waals surface area contributed by atoms with E-state index in [1.807, 2.05) is 13.0 Å². The molecule has 160 valence electrons. The van der Waals surface area contributed by atoms with Crippen molar-refractivity contribution in [3.05, 3.63) is 46.2 Å². The summed E-state index contributed by atoms with van der Waals surface area (Å²) < 4.78 is 25.3. The van der Waals surface area contributed by atoms with Crippen LogP contribution in [0.15, 0.2) is 30.3 Å². The summed E-state index contributed by atoms with van der Waals surface area (Å²) in [6, 6.07) is 7.35. The molecule has 6 nitrogen and oxygen atoms in total.